The highest BCUT2D eigenvalue weighted by Gasteiger charge is 2.05. The fraction of sp³-hybridized carbons (Fsp3) is 0.235. The quantitative estimate of drug-likeness (QED) is 0.930. The molecule has 0 heterocycles. The van der Waals surface area contributed by atoms with Gasteiger partial charge in [-0.2, -0.15) is 5.26 Å². The van der Waals surface area contributed by atoms with E-state index in [0.29, 0.717) is 17.7 Å². The Kier molecular flexibility index (Phi) is 4.44. The minimum atomic E-state index is -0.360. The van der Waals surface area contributed by atoms with Crippen LogP contribution in [-0.4, -0.2) is 14.1 Å². The fourth-order valence-corrected chi connectivity index (χ4v) is 2.16. The topological polar surface area (TPSA) is 39.1 Å². The minimum Gasteiger partial charge on any atom is -0.381 e. The van der Waals surface area contributed by atoms with E-state index in [1.807, 2.05) is 43.3 Å². The summed E-state index contributed by atoms with van der Waals surface area (Å²) in [6.07, 6.45) is 0. The first-order valence-electron chi connectivity index (χ1n) is 6.71. The van der Waals surface area contributed by atoms with Gasteiger partial charge in [0.05, 0.1) is 11.6 Å². The molecule has 3 nitrogen and oxygen atoms in total. The maximum Gasteiger partial charge on any atom is 0.129 e. The van der Waals surface area contributed by atoms with E-state index in [-0.39, 0.29) is 5.82 Å². The van der Waals surface area contributed by atoms with Crippen molar-refractivity contribution in [3.8, 4) is 6.07 Å². The number of nitrogens with one attached hydrogen (secondary N) is 1. The van der Waals surface area contributed by atoms with E-state index in [4.69, 9.17) is 5.26 Å². The van der Waals surface area contributed by atoms with Crippen molar-refractivity contribution in [2.24, 2.45) is 0 Å². The second-order valence-electron chi connectivity index (χ2n) is 5.17. The average Bonchev–Trinajstić information content (AvgIpc) is 2.47. The van der Waals surface area contributed by atoms with Crippen LogP contribution in [0.4, 0.5) is 15.8 Å². The Bertz CT molecular complexity index is 687. The Morgan fingerprint density at radius 3 is 2.57 bits per heavy atom. The lowest BCUT2D eigenvalue weighted by molar-refractivity contribution is 0.612. The van der Waals surface area contributed by atoms with Gasteiger partial charge in [-0.05, 0) is 36.8 Å². The second kappa shape index (κ2) is 6.27. The van der Waals surface area contributed by atoms with Crippen molar-refractivity contribution in [3.05, 3.63) is 58.9 Å². The summed E-state index contributed by atoms with van der Waals surface area (Å²) in [5, 5.41) is 11.9. The van der Waals surface area contributed by atoms with Crippen molar-refractivity contribution in [1.29, 1.82) is 5.26 Å². The van der Waals surface area contributed by atoms with Crippen molar-refractivity contribution in [3.63, 3.8) is 0 Å². The van der Waals surface area contributed by atoms with Crippen molar-refractivity contribution in [1.82, 2.24) is 0 Å². The lowest BCUT2D eigenvalue weighted by atomic mass is 10.1. The molecule has 21 heavy (non-hydrogen) atoms. The van der Waals surface area contributed by atoms with Crippen LogP contribution < -0.4 is 10.2 Å². The Labute approximate surface area is 124 Å². The Hall–Kier alpha value is -2.54. The summed E-state index contributed by atoms with van der Waals surface area (Å²) < 4.78 is 13.8. The fourth-order valence-electron chi connectivity index (χ4n) is 2.16. The molecule has 108 valence electrons. The first-order valence-corrected chi connectivity index (χ1v) is 6.71. The third kappa shape index (κ3) is 3.51. The van der Waals surface area contributed by atoms with Gasteiger partial charge >= 0.3 is 0 Å². The van der Waals surface area contributed by atoms with Crippen molar-refractivity contribution in [2.45, 2.75) is 13.5 Å². The molecule has 1 N–H and O–H groups in total. The van der Waals surface area contributed by atoms with Crippen LogP contribution >= 0.6 is 0 Å². The van der Waals surface area contributed by atoms with Gasteiger partial charge in [-0.3, -0.25) is 0 Å². The summed E-state index contributed by atoms with van der Waals surface area (Å²) in [7, 11) is 3.98. The molecule has 2 rings (SSSR count). The van der Waals surface area contributed by atoms with Crippen LogP contribution in [0.3, 0.4) is 0 Å². The van der Waals surface area contributed by atoms with E-state index < -0.39 is 0 Å². The molecule has 0 saturated heterocycles. The summed E-state index contributed by atoms with van der Waals surface area (Å²) in [6, 6.07) is 12.5. The lowest BCUT2D eigenvalue weighted by Gasteiger charge is -2.17. The lowest BCUT2D eigenvalue weighted by Crippen LogP contribution is -2.11. The standard InChI is InChI=1S/C17H18FN3/c1-12-4-7-15(9-17(12)21(2)3)20-11-14-6-5-13(10-19)8-16(14)18/h4-9,20H,11H2,1-3H3. The van der Waals surface area contributed by atoms with Gasteiger partial charge in [0, 0.05) is 37.6 Å². The molecule has 0 aliphatic heterocycles. The van der Waals surface area contributed by atoms with E-state index in [9.17, 15) is 4.39 Å². The molecule has 0 atom stereocenters. The van der Waals surface area contributed by atoms with Crippen molar-refractivity contribution in [2.75, 3.05) is 24.3 Å². The van der Waals surface area contributed by atoms with Crippen LogP contribution in [0, 0.1) is 24.1 Å². The highest BCUT2D eigenvalue weighted by atomic mass is 19.1. The van der Waals surface area contributed by atoms with Gasteiger partial charge in [-0.25, -0.2) is 4.39 Å². The third-order valence-electron chi connectivity index (χ3n) is 3.36. The van der Waals surface area contributed by atoms with E-state index in [1.165, 1.54) is 11.6 Å². The molecular weight excluding hydrogens is 265 g/mol. The number of nitriles is 1. The smallest absolute Gasteiger partial charge is 0.129 e. The maximum absolute atomic E-state index is 13.8. The number of aryl methyl sites for hydroxylation is 1. The Morgan fingerprint density at radius 2 is 1.95 bits per heavy atom. The van der Waals surface area contributed by atoms with Crippen LogP contribution in [0.15, 0.2) is 36.4 Å². The van der Waals surface area contributed by atoms with E-state index in [1.54, 1.807) is 12.1 Å². The van der Waals surface area contributed by atoms with Gasteiger partial charge in [-0.15, -0.1) is 0 Å². The molecule has 0 aliphatic carbocycles. The largest absolute Gasteiger partial charge is 0.381 e. The highest BCUT2D eigenvalue weighted by Crippen LogP contribution is 2.23. The zero-order valence-electron chi connectivity index (χ0n) is 12.4. The number of rotatable bonds is 4. The molecule has 2 aromatic rings. The van der Waals surface area contributed by atoms with Crippen LogP contribution in [0.25, 0.3) is 0 Å². The predicted molar refractivity (Wildman–Crippen MR) is 83.9 cm³/mol. The van der Waals surface area contributed by atoms with Gasteiger partial charge < -0.3 is 10.2 Å². The molecule has 0 unspecified atom stereocenters. The van der Waals surface area contributed by atoms with Gasteiger partial charge in [-0.1, -0.05) is 12.1 Å². The minimum absolute atomic E-state index is 0.335. The normalized spacial score (nSPS) is 10.0. The molecule has 2 aromatic carbocycles. The highest BCUT2D eigenvalue weighted by molar-refractivity contribution is 5.62. The summed E-state index contributed by atoms with van der Waals surface area (Å²) in [6.45, 7) is 2.44. The van der Waals surface area contributed by atoms with E-state index >= 15 is 0 Å². The monoisotopic (exact) mass is 283 g/mol. The number of halogens is 1. The molecule has 0 aliphatic rings. The Morgan fingerprint density at radius 1 is 1.19 bits per heavy atom. The first-order chi connectivity index (χ1) is 10.0. The van der Waals surface area contributed by atoms with Gasteiger partial charge in [0.15, 0.2) is 0 Å². The number of hydrogen-bond acceptors (Lipinski definition) is 3. The molecule has 0 radical (unpaired) electrons. The summed E-state index contributed by atoms with van der Waals surface area (Å²) >= 11 is 0. The number of benzene rings is 2. The summed E-state index contributed by atoms with van der Waals surface area (Å²) in [5.41, 5.74) is 4.13. The SMILES string of the molecule is Cc1ccc(NCc2ccc(C#N)cc2F)cc1N(C)C. The van der Waals surface area contributed by atoms with E-state index in [2.05, 4.69) is 12.2 Å². The molecule has 0 bridgehead atoms. The van der Waals surface area contributed by atoms with Crippen LogP contribution in [0.2, 0.25) is 0 Å². The first kappa shape index (κ1) is 14.9. The molecule has 0 saturated carbocycles. The Balaban J connectivity index is 2.13. The zero-order chi connectivity index (χ0) is 15.4. The molecule has 0 aromatic heterocycles. The van der Waals surface area contributed by atoms with Gasteiger partial charge in [0.2, 0.25) is 0 Å². The van der Waals surface area contributed by atoms with Crippen molar-refractivity contribution >= 4 is 11.4 Å². The average molecular weight is 283 g/mol. The predicted octanol–water partition coefficient (Wildman–Crippen LogP) is 3.68. The van der Waals surface area contributed by atoms with E-state index in [0.717, 1.165) is 11.4 Å². The van der Waals surface area contributed by atoms with Gasteiger partial charge in [0.25, 0.3) is 0 Å². The van der Waals surface area contributed by atoms with Crippen molar-refractivity contribution < 1.29 is 4.39 Å². The van der Waals surface area contributed by atoms with Crippen LogP contribution in [0.5, 0.6) is 0 Å². The number of nitrogens with zero attached hydrogens (tertiary/aromatic N) is 2. The molecular formula is C17H18FN3. The second-order valence-corrected chi connectivity index (χ2v) is 5.17. The summed E-state index contributed by atoms with van der Waals surface area (Å²) in [4.78, 5) is 2.04. The maximum atomic E-state index is 13.8. The van der Waals surface area contributed by atoms with Gasteiger partial charge in [0.1, 0.15) is 5.82 Å². The molecule has 0 amide bonds. The molecule has 4 heteroatoms. The third-order valence-corrected chi connectivity index (χ3v) is 3.36. The van der Waals surface area contributed by atoms with Crippen LogP contribution in [-0.2, 0) is 6.54 Å². The molecule has 0 spiro atoms. The summed E-state index contributed by atoms with van der Waals surface area (Å²) in [5.74, 6) is -0.360. The molecule has 0 fully saturated rings. The van der Waals surface area contributed by atoms with Crippen LogP contribution in [0.1, 0.15) is 16.7 Å². The number of anilines is 2. The number of hydrogen-bond donors (Lipinski definition) is 1. The zero-order valence-corrected chi connectivity index (χ0v) is 12.4.